The number of carboxylic acids is 1. The van der Waals surface area contributed by atoms with Gasteiger partial charge in [-0.2, -0.15) is 0 Å². The molecule has 0 spiro atoms. The lowest BCUT2D eigenvalue weighted by Gasteiger charge is -2.29. The van der Waals surface area contributed by atoms with Crippen LogP contribution in [0.2, 0.25) is 0 Å². The van der Waals surface area contributed by atoms with Crippen LogP contribution < -0.4 is 10.6 Å². The van der Waals surface area contributed by atoms with E-state index in [1.807, 2.05) is 6.92 Å². The fourth-order valence-electron chi connectivity index (χ4n) is 2.25. The second kappa shape index (κ2) is 7.99. The standard InChI is InChI=1S/C13H25N3O3/c1-3-11(8-12(17)18)15-13(19)14-9-10-4-6-16(2)7-5-10/h10-11H,3-9H2,1-2H3,(H,17,18)(H2,14,15,19). The summed E-state index contributed by atoms with van der Waals surface area (Å²) in [6.07, 6.45) is 2.79. The highest BCUT2D eigenvalue weighted by Crippen LogP contribution is 2.14. The maximum Gasteiger partial charge on any atom is 0.315 e. The molecule has 1 heterocycles. The molecule has 1 unspecified atom stereocenters. The van der Waals surface area contributed by atoms with Crippen molar-refractivity contribution in [3.05, 3.63) is 0 Å². The van der Waals surface area contributed by atoms with E-state index in [-0.39, 0.29) is 18.5 Å². The first-order chi connectivity index (χ1) is 9.01. The molecule has 1 fully saturated rings. The molecule has 1 aliphatic rings. The largest absolute Gasteiger partial charge is 0.481 e. The molecule has 1 rings (SSSR count). The van der Waals surface area contributed by atoms with Crippen molar-refractivity contribution in [2.24, 2.45) is 5.92 Å². The lowest BCUT2D eigenvalue weighted by Crippen LogP contribution is -2.45. The first-order valence-corrected chi connectivity index (χ1v) is 6.96. The van der Waals surface area contributed by atoms with Crippen LogP contribution in [0.5, 0.6) is 0 Å². The highest BCUT2D eigenvalue weighted by atomic mass is 16.4. The molecule has 1 atom stereocenters. The van der Waals surface area contributed by atoms with Gasteiger partial charge in [-0.1, -0.05) is 6.92 Å². The van der Waals surface area contributed by atoms with Crippen molar-refractivity contribution < 1.29 is 14.7 Å². The van der Waals surface area contributed by atoms with E-state index in [0.29, 0.717) is 18.9 Å². The number of aliphatic carboxylic acids is 1. The summed E-state index contributed by atoms with van der Waals surface area (Å²) >= 11 is 0. The Balaban J connectivity index is 2.21. The number of amides is 2. The van der Waals surface area contributed by atoms with E-state index in [1.54, 1.807) is 0 Å². The number of carbonyl (C=O) groups excluding carboxylic acids is 1. The van der Waals surface area contributed by atoms with Gasteiger partial charge in [-0.15, -0.1) is 0 Å². The first kappa shape index (κ1) is 15.8. The molecule has 3 N–H and O–H groups in total. The van der Waals surface area contributed by atoms with E-state index >= 15 is 0 Å². The molecular formula is C13H25N3O3. The molecule has 0 aromatic heterocycles. The maximum absolute atomic E-state index is 11.7. The van der Waals surface area contributed by atoms with Crippen molar-refractivity contribution in [3.8, 4) is 0 Å². The smallest absolute Gasteiger partial charge is 0.315 e. The van der Waals surface area contributed by atoms with Gasteiger partial charge >= 0.3 is 12.0 Å². The lowest BCUT2D eigenvalue weighted by atomic mass is 9.97. The molecule has 0 aromatic rings. The minimum absolute atomic E-state index is 0.0296. The third-order valence-corrected chi connectivity index (χ3v) is 3.64. The molecule has 0 bridgehead atoms. The number of urea groups is 1. The molecule has 2 amide bonds. The number of carboxylic acid groups (broad SMARTS) is 1. The van der Waals surface area contributed by atoms with Crippen molar-refractivity contribution in [1.29, 1.82) is 0 Å². The van der Waals surface area contributed by atoms with Crippen molar-refractivity contribution >= 4 is 12.0 Å². The van der Waals surface area contributed by atoms with E-state index in [1.165, 1.54) is 0 Å². The molecule has 0 aromatic carbocycles. The van der Waals surface area contributed by atoms with Crippen molar-refractivity contribution in [1.82, 2.24) is 15.5 Å². The third-order valence-electron chi connectivity index (χ3n) is 3.64. The van der Waals surface area contributed by atoms with Gasteiger partial charge in [0.1, 0.15) is 0 Å². The van der Waals surface area contributed by atoms with Crippen LogP contribution in [0, 0.1) is 5.92 Å². The fourth-order valence-corrected chi connectivity index (χ4v) is 2.25. The zero-order chi connectivity index (χ0) is 14.3. The first-order valence-electron chi connectivity index (χ1n) is 6.96. The van der Waals surface area contributed by atoms with Gasteiger partial charge < -0.3 is 20.6 Å². The molecule has 110 valence electrons. The monoisotopic (exact) mass is 271 g/mol. The Kier molecular flexibility index (Phi) is 6.62. The van der Waals surface area contributed by atoms with Crippen LogP contribution in [-0.4, -0.2) is 54.7 Å². The summed E-state index contributed by atoms with van der Waals surface area (Å²) in [6, 6.07) is -0.554. The highest BCUT2D eigenvalue weighted by molar-refractivity contribution is 5.75. The molecule has 1 aliphatic heterocycles. The third kappa shape index (κ3) is 6.42. The lowest BCUT2D eigenvalue weighted by molar-refractivity contribution is -0.137. The number of rotatable bonds is 6. The van der Waals surface area contributed by atoms with Crippen LogP contribution in [0.1, 0.15) is 32.6 Å². The van der Waals surface area contributed by atoms with Crippen LogP contribution in [0.15, 0.2) is 0 Å². The quantitative estimate of drug-likeness (QED) is 0.670. The SMILES string of the molecule is CCC(CC(=O)O)NC(=O)NCC1CCN(C)CC1. The maximum atomic E-state index is 11.7. The van der Waals surface area contributed by atoms with E-state index in [2.05, 4.69) is 22.6 Å². The molecule has 19 heavy (non-hydrogen) atoms. The number of hydrogen-bond acceptors (Lipinski definition) is 3. The summed E-state index contributed by atoms with van der Waals surface area (Å²) in [6.45, 7) is 4.68. The minimum Gasteiger partial charge on any atom is -0.481 e. The zero-order valence-electron chi connectivity index (χ0n) is 11.8. The molecule has 6 heteroatoms. The number of hydrogen-bond donors (Lipinski definition) is 3. The molecule has 0 saturated carbocycles. The summed E-state index contributed by atoms with van der Waals surface area (Å²) < 4.78 is 0. The molecule has 1 saturated heterocycles. The van der Waals surface area contributed by atoms with Crippen LogP contribution in [0.25, 0.3) is 0 Å². The van der Waals surface area contributed by atoms with Gasteiger partial charge in [0.25, 0.3) is 0 Å². The Labute approximate surface area is 114 Å². The minimum atomic E-state index is -0.887. The Hall–Kier alpha value is -1.30. The number of piperidine rings is 1. The average molecular weight is 271 g/mol. The van der Waals surface area contributed by atoms with Gasteiger partial charge in [0.15, 0.2) is 0 Å². The molecule has 0 aliphatic carbocycles. The predicted molar refractivity (Wildman–Crippen MR) is 73.1 cm³/mol. The molecule has 6 nitrogen and oxygen atoms in total. The van der Waals surface area contributed by atoms with Crippen molar-refractivity contribution in [2.75, 3.05) is 26.7 Å². The van der Waals surface area contributed by atoms with E-state index in [4.69, 9.17) is 5.11 Å². The zero-order valence-corrected chi connectivity index (χ0v) is 11.8. The van der Waals surface area contributed by atoms with Gasteiger partial charge in [-0.25, -0.2) is 4.79 Å². The number of likely N-dealkylation sites (tertiary alicyclic amines) is 1. The Morgan fingerprint density at radius 2 is 2.00 bits per heavy atom. The van der Waals surface area contributed by atoms with Gasteiger partial charge in [0.2, 0.25) is 0 Å². The summed E-state index contributed by atoms with van der Waals surface area (Å²) in [7, 11) is 2.11. The van der Waals surface area contributed by atoms with E-state index in [0.717, 1.165) is 25.9 Å². The van der Waals surface area contributed by atoms with Crippen molar-refractivity contribution in [2.45, 2.75) is 38.6 Å². The van der Waals surface area contributed by atoms with Crippen LogP contribution in [0.4, 0.5) is 4.79 Å². The van der Waals surface area contributed by atoms with Crippen LogP contribution in [-0.2, 0) is 4.79 Å². The number of carbonyl (C=O) groups is 2. The Morgan fingerprint density at radius 3 is 2.53 bits per heavy atom. The number of nitrogens with one attached hydrogen (secondary N) is 2. The second-order valence-corrected chi connectivity index (χ2v) is 5.30. The normalized spacial score (nSPS) is 18.8. The Morgan fingerprint density at radius 1 is 1.37 bits per heavy atom. The van der Waals surface area contributed by atoms with E-state index in [9.17, 15) is 9.59 Å². The van der Waals surface area contributed by atoms with Gasteiger partial charge in [-0.05, 0) is 45.3 Å². The van der Waals surface area contributed by atoms with E-state index < -0.39 is 5.97 Å². The summed E-state index contributed by atoms with van der Waals surface area (Å²) in [5.74, 6) is -0.357. The van der Waals surface area contributed by atoms with Gasteiger partial charge in [0, 0.05) is 12.6 Å². The second-order valence-electron chi connectivity index (χ2n) is 5.30. The predicted octanol–water partition coefficient (Wildman–Crippen LogP) is 0.881. The van der Waals surface area contributed by atoms with Crippen molar-refractivity contribution in [3.63, 3.8) is 0 Å². The Bertz CT molecular complexity index is 302. The topological polar surface area (TPSA) is 81.7 Å². The van der Waals surface area contributed by atoms with Crippen LogP contribution in [0.3, 0.4) is 0 Å². The van der Waals surface area contributed by atoms with Crippen LogP contribution >= 0.6 is 0 Å². The highest BCUT2D eigenvalue weighted by Gasteiger charge is 2.18. The summed E-state index contributed by atoms with van der Waals surface area (Å²) in [4.78, 5) is 24.6. The summed E-state index contributed by atoms with van der Waals surface area (Å²) in [5, 5.41) is 14.3. The fraction of sp³-hybridized carbons (Fsp3) is 0.846. The van der Waals surface area contributed by atoms with Gasteiger partial charge in [-0.3, -0.25) is 4.79 Å². The number of nitrogens with zero attached hydrogens (tertiary/aromatic N) is 1. The van der Waals surface area contributed by atoms with Gasteiger partial charge in [0.05, 0.1) is 6.42 Å². The summed E-state index contributed by atoms with van der Waals surface area (Å²) in [5.41, 5.74) is 0. The molecular weight excluding hydrogens is 246 g/mol. The molecule has 0 radical (unpaired) electrons. The average Bonchev–Trinajstić information content (AvgIpc) is 2.36.